The van der Waals surface area contributed by atoms with Crippen molar-refractivity contribution in [2.24, 2.45) is 5.41 Å². The van der Waals surface area contributed by atoms with Crippen molar-refractivity contribution in [1.82, 2.24) is 10.2 Å². The topological polar surface area (TPSA) is 43.0 Å². The fourth-order valence-electron chi connectivity index (χ4n) is 2.97. The van der Waals surface area contributed by atoms with Crippen molar-refractivity contribution in [2.45, 2.75) is 19.3 Å². The summed E-state index contributed by atoms with van der Waals surface area (Å²) < 4.78 is 16.0. The second-order valence-corrected chi connectivity index (χ2v) is 5.76. The van der Waals surface area contributed by atoms with Crippen LogP contribution in [0.5, 0.6) is 0 Å². The highest BCUT2D eigenvalue weighted by Gasteiger charge is 2.33. The van der Waals surface area contributed by atoms with Gasteiger partial charge in [0.2, 0.25) is 0 Å². The summed E-state index contributed by atoms with van der Waals surface area (Å²) in [6, 6.07) is 0. The molecule has 0 unspecified atom stereocenters. The van der Waals surface area contributed by atoms with Gasteiger partial charge in [0.15, 0.2) is 0 Å². The Kier molecular flexibility index (Phi) is 9.39. The number of rotatable bonds is 11. The van der Waals surface area contributed by atoms with Crippen molar-refractivity contribution >= 4 is 0 Å². The third-order valence-electron chi connectivity index (χ3n) is 4.10. The van der Waals surface area contributed by atoms with Crippen molar-refractivity contribution in [3.8, 4) is 0 Å². The number of hydrogen-bond donors (Lipinski definition) is 1. The summed E-state index contributed by atoms with van der Waals surface area (Å²) in [7, 11) is 5.58. The second-order valence-electron chi connectivity index (χ2n) is 5.76. The van der Waals surface area contributed by atoms with Gasteiger partial charge in [-0.1, -0.05) is 0 Å². The summed E-state index contributed by atoms with van der Waals surface area (Å²) in [6.45, 7) is 7.63. The smallest absolute Gasteiger partial charge is 0.0589 e. The van der Waals surface area contributed by atoms with E-state index in [1.54, 1.807) is 14.2 Å². The molecule has 5 nitrogen and oxygen atoms in total. The summed E-state index contributed by atoms with van der Waals surface area (Å²) in [5.41, 5.74) is 0.341. The summed E-state index contributed by atoms with van der Waals surface area (Å²) in [5.74, 6) is 0. The molecule has 0 aromatic carbocycles. The number of nitrogens with zero attached hydrogens (tertiary/aromatic N) is 1. The molecule has 1 N–H and O–H groups in total. The Balaban J connectivity index is 2.52. The van der Waals surface area contributed by atoms with Gasteiger partial charge in [-0.3, -0.25) is 0 Å². The Morgan fingerprint density at radius 2 is 1.80 bits per heavy atom. The molecule has 1 saturated heterocycles. The lowest BCUT2D eigenvalue weighted by molar-refractivity contribution is -0.00792. The SMILES string of the molecule is CNCC1(CN(CCCOC)CCOC)CCOCC1. The molecule has 0 atom stereocenters. The summed E-state index contributed by atoms with van der Waals surface area (Å²) in [4.78, 5) is 2.52. The van der Waals surface area contributed by atoms with E-state index in [1.165, 1.54) is 0 Å². The molecule has 5 heteroatoms. The van der Waals surface area contributed by atoms with Crippen molar-refractivity contribution < 1.29 is 14.2 Å². The fourth-order valence-corrected chi connectivity index (χ4v) is 2.97. The molecule has 120 valence electrons. The zero-order chi connectivity index (χ0) is 14.7. The van der Waals surface area contributed by atoms with Gasteiger partial charge in [-0.05, 0) is 31.7 Å². The average molecular weight is 288 g/mol. The Morgan fingerprint density at radius 3 is 2.40 bits per heavy atom. The van der Waals surface area contributed by atoms with Gasteiger partial charge in [0, 0.05) is 60.2 Å². The van der Waals surface area contributed by atoms with Crippen molar-refractivity contribution in [3.63, 3.8) is 0 Å². The molecule has 1 aliphatic rings. The number of hydrogen-bond acceptors (Lipinski definition) is 5. The minimum atomic E-state index is 0.341. The fraction of sp³-hybridized carbons (Fsp3) is 1.00. The van der Waals surface area contributed by atoms with E-state index in [4.69, 9.17) is 14.2 Å². The van der Waals surface area contributed by atoms with Gasteiger partial charge >= 0.3 is 0 Å². The summed E-state index contributed by atoms with van der Waals surface area (Å²) >= 11 is 0. The van der Waals surface area contributed by atoms with E-state index in [9.17, 15) is 0 Å². The van der Waals surface area contributed by atoms with E-state index >= 15 is 0 Å². The molecule has 0 amide bonds. The van der Waals surface area contributed by atoms with Crippen LogP contribution >= 0.6 is 0 Å². The second kappa shape index (κ2) is 10.5. The normalized spacial score (nSPS) is 18.6. The number of methoxy groups -OCH3 is 2. The molecule has 0 bridgehead atoms. The molecule has 1 fully saturated rings. The standard InChI is InChI=1S/C15H32N2O3/c1-16-13-15(5-10-20-11-6-15)14-17(8-12-19-3)7-4-9-18-2/h16H,4-14H2,1-3H3. The highest BCUT2D eigenvalue weighted by Crippen LogP contribution is 2.31. The lowest BCUT2D eigenvalue weighted by atomic mass is 9.79. The van der Waals surface area contributed by atoms with Crippen LogP contribution in [0.2, 0.25) is 0 Å². The van der Waals surface area contributed by atoms with E-state index < -0.39 is 0 Å². The highest BCUT2D eigenvalue weighted by molar-refractivity contribution is 4.87. The van der Waals surface area contributed by atoms with Gasteiger partial charge in [-0.2, -0.15) is 0 Å². The zero-order valence-corrected chi connectivity index (χ0v) is 13.5. The van der Waals surface area contributed by atoms with Gasteiger partial charge < -0.3 is 24.4 Å². The molecule has 0 aliphatic carbocycles. The van der Waals surface area contributed by atoms with Gasteiger partial charge in [-0.15, -0.1) is 0 Å². The van der Waals surface area contributed by atoms with Crippen molar-refractivity contribution in [1.29, 1.82) is 0 Å². The van der Waals surface area contributed by atoms with E-state index in [-0.39, 0.29) is 0 Å². The lowest BCUT2D eigenvalue weighted by Gasteiger charge is -2.41. The first-order chi connectivity index (χ1) is 9.76. The van der Waals surface area contributed by atoms with Crippen LogP contribution in [0.4, 0.5) is 0 Å². The monoisotopic (exact) mass is 288 g/mol. The van der Waals surface area contributed by atoms with Crippen LogP contribution in [0.25, 0.3) is 0 Å². The molecule has 0 aromatic heterocycles. The predicted octanol–water partition coefficient (Wildman–Crippen LogP) is 0.988. The van der Waals surface area contributed by atoms with Gasteiger partial charge in [0.05, 0.1) is 6.61 Å². The Hall–Kier alpha value is -0.200. The van der Waals surface area contributed by atoms with Gasteiger partial charge in [0.1, 0.15) is 0 Å². The zero-order valence-electron chi connectivity index (χ0n) is 13.5. The first-order valence-corrected chi connectivity index (χ1v) is 7.69. The number of ether oxygens (including phenoxy) is 3. The van der Waals surface area contributed by atoms with Crippen molar-refractivity contribution in [2.75, 3.05) is 73.9 Å². The summed E-state index contributed by atoms with van der Waals surface area (Å²) in [5, 5.41) is 3.37. The highest BCUT2D eigenvalue weighted by atomic mass is 16.5. The Bertz CT molecular complexity index is 228. The minimum Gasteiger partial charge on any atom is -0.385 e. The largest absolute Gasteiger partial charge is 0.385 e. The quantitative estimate of drug-likeness (QED) is 0.574. The van der Waals surface area contributed by atoms with Gasteiger partial charge in [-0.25, -0.2) is 0 Å². The van der Waals surface area contributed by atoms with E-state index in [2.05, 4.69) is 10.2 Å². The maximum Gasteiger partial charge on any atom is 0.0589 e. The average Bonchev–Trinajstić information content (AvgIpc) is 2.46. The third kappa shape index (κ3) is 6.50. The maximum atomic E-state index is 5.54. The first kappa shape index (κ1) is 17.9. The van der Waals surface area contributed by atoms with Crippen LogP contribution in [0.1, 0.15) is 19.3 Å². The maximum absolute atomic E-state index is 5.54. The predicted molar refractivity (Wildman–Crippen MR) is 81.2 cm³/mol. The minimum absolute atomic E-state index is 0.341. The van der Waals surface area contributed by atoms with E-state index in [0.717, 1.165) is 71.9 Å². The molecule has 1 rings (SSSR count). The van der Waals surface area contributed by atoms with Crippen LogP contribution in [-0.4, -0.2) is 78.8 Å². The molecule has 1 heterocycles. The molecule has 0 spiro atoms. The molecule has 20 heavy (non-hydrogen) atoms. The van der Waals surface area contributed by atoms with Crippen LogP contribution in [0.15, 0.2) is 0 Å². The lowest BCUT2D eigenvalue weighted by Crippen LogP contribution is -2.47. The first-order valence-electron chi connectivity index (χ1n) is 7.69. The van der Waals surface area contributed by atoms with E-state index in [0.29, 0.717) is 5.41 Å². The molecular weight excluding hydrogens is 256 g/mol. The molecule has 0 saturated carbocycles. The van der Waals surface area contributed by atoms with Gasteiger partial charge in [0.25, 0.3) is 0 Å². The van der Waals surface area contributed by atoms with Crippen LogP contribution in [0.3, 0.4) is 0 Å². The molecule has 1 aliphatic heterocycles. The number of nitrogens with one attached hydrogen (secondary N) is 1. The van der Waals surface area contributed by atoms with Crippen molar-refractivity contribution in [3.05, 3.63) is 0 Å². The molecule has 0 radical (unpaired) electrons. The summed E-state index contributed by atoms with van der Waals surface area (Å²) in [6.07, 6.45) is 3.36. The Labute approximate surface area is 123 Å². The van der Waals surface area contributed by atoms with Crippen LogP contribution in [0, 0.1) is 5.41 Å². The molecule has 0 aromatic rings. The third-order valence-corrected chi connectivity index (χ3v) is 4.10. The van der Waals surface area contributed by atoms with Crippen LogP contribution < -0.4 is 5.32 Å². The van der Waals surface area contributed by atoms with E-state index in [1.807, 2.05) is 7.05 Å². The van der Waals surface area contributed by atoms with Crippen LogP contribution in [-0.2, 0) is 14.2 Å². The molecular formula is C15H32N2O3. The Morgan fingerprint density at radius 1 is 1.10 bits per heavy atom.